The molecule has 0 atom stereocenters. The lowest BCUT2D eigenvalue weighted by Crippen LogP contribution is -2.00. The maximum atomic E-state index is 8.36. The highest BCUT2D eigenvalue weighted by Gasteiger charge is 2.09. The van der Waals surface area contributed by atoms with Crippen molar-refractivity contribution in [3.05, 3.63) is 35.2 Å². The van der Waals surface area contributed by atoms with Crippen molar-refractivity contribution in [2.75, 3.05) is 7.11 Å². The first-order valence-electron chi connectivity index (χ1n) is 6.07. The molecule has 0 saturated carbocycles. The van der Waals surface area contributed by atoms with Crippen molar-refractivity contribution in [3.8, 4) is 11.4 Å². The Morgan fingerprint density at radius 2 is 2.00 bits per heavy atom. The molecule has 0 saturated heterocycles. The summed E-state index contributed by atoms with van der Waals surface area (Å²) in [5.41, 5.74) is 3.58. The molecule has 1 aromatic heterocycles. The van der Waals surface area contributed by atoms with Crippen LogP contribution in [0.2, 0.25) is 0 Å². The number of hydrogen-bond acceptors (Lipinski definition) is 4. The van der Waals surface area contributed by atoms with Crippen molar-refractivity contribution in [1.82, 2.24) is 14.8 Å². The zero-order valence-corrected chi connectivity index (χ0v) is 12.1. The van der Waals surface area contributed by atoms with Crippen LogP contribution < -0.4 is 0 Å². The second-order valence-corrected chi connectivity index (χ2v) is 4.31. The van der Waals surface area contributed by atoms with E-state index in [1.165, 1.54) is 11.1 Å². The normalized spacial score (nSPS) is 9.80. The van der Waals surface area contributed by atoms with Gasteiger partial charge in [-0.2, -0.15) is 5.10 Å². The lowest BCUT2D eigenvalue weighted by molar-refractivity contribution is -0.122. The van der Waals surface area contributed by atoms with E-state index >= 15 is 0 Å². The van der Waals surface area contributed by atoms with Gasteiger partial charge in [-0.1, -0.05) is 12.1 Å². The monoisotopic (exact) mass is 277 g/mol. The fourth-order valence-electron chi connectivity index (χ4n) is 1.67. The highest BCUT2D eigenvalue weighted by Crippen LogP contribution is 2.19. The van der Waals surface area contributed by atoms with E-state index in [2.05, 4.69) is 36.1 Å². The van der Waals surface area contributed by atoms with E-state index in [9.17, 15) is 0 Å². The first-order chi connectivity index (χ1) is 9.53. The van der Waals surface area contributed by atoms with Gasteiger partial charge in [0.2, 0.25) is 0 Å². The summed E-state index contributed by atoms with van der Waals surface area (Å²) >= 11 is 0. The zero-order valence-electron chi connectivity index (χ0n) is 12.1. The number of hydrogen-bond donors (Lipinski definition) is 1. The van der Waals surface area contributed by atoms with Crippen molar-refractivity contribution >= 4 is 6.47 Å². The van der Waals surface area contributed by atoms with Crippen LogP contribution in [0.1, 0.15) is 17.0 Å². The first-order valence-corrected chi connectivity index (χ1v) is 6.07. The standard InChI is InChI=1S/C13H17N3O.CH2O2/c1-9-5-6-11(7-10(9)2)13-14-12(8-17-4)16(3)15-13;2-1-3/h5-7H,8H2,1-4H3;1H,(H,2,3). The molecule has 1 aromatic carbocycles. The third kappa shape index (κ3) is 3.89. The third-order valence-electron chi connectivity index (χ3n) is 2.89. The summed E-state index contributed by atoms with van der Waals surface area (Å²) in [4.78, 5) is 12.8. The maximum absolute atomic E-state index is 8.36. The molecule has 20 heavy (non-hydrogen) atoms. The van der Waals surface area contributed by atoms with Crippen LogP contribution in [0.15, 0.2) is 18.2 Å². The van der Waals surface area contributed by atoms with Crippen molar-refractivity contribution in [1.29, 1.82) is 0 Å². The Bertz CT molecular complexity index is 579. The zero-order chi connectivity index (χ0) is 15.1. The van der Waals surface area contributed by atoms with Crippen LogP contribution in [-0.4, -0.2) is 33.5 Å². The van der Waals surface area contributed by atoms with E-state index in [4.69, 9.17) is 14.6 Å². The Kier molecular flexibility index (Phi) is 5.86. The van der Waals surface area contributed by atoms with Crippen LogP contribution in [0.25, 0.3) is 11.4 Å². The highest BCUT2D eigenvalue weighted by molar-refractivity contribution is 5.56. The van der Waals surface area contributed by atoms with Gasteiger partial charge in [0.05, 0.1) is 0 Å². The highest BCUT2D eigenvalue weighted by atomic mass is 16.5. The topological polar surface area (TPSA) is 77.2 Å². The minimum Gasteiger partial charge on any atom is -0.483 e. The van der Waals surface area contributed by atoms with Crippen LogP contribution in [0.3, 0.4) is 0 Å². The molecular formula is C14H19N3O3. The quantitative estimate of drug-likeness (QED) is 0.868. The molecule has 0 unspecified atom stereocenters. The number of aromatic nitrogens is 3. The SMILES string of the molecule is COCc1nc(-c2ccc(C)c(C)c2)nn1C.O=CO. The summed E-state index contributed by atoms with van der Waals surface area (Å²) < 4.78 is 6.84. The van der Waals surface area contributed by atoms with Crippen LogP contribution in [0, 0.1) is 13.8 Å². The van der Waals surface area contributed by atoms with Gasteiger partial charge in [0.15, 0.2) is 11.6 Å². The van der Waals surface area contributed by atoms with Crippen LogP contribution in [0.4, 0.5) is 0 Å². The van der Waals surface area contributed by atoms with E-state index < -0.39 is 0 Å². The number of methoxy groups -OCH3 is 1. The molecular weight excluding hydrogens is 258 g/mol. The van der Waals surface area contributed by atoms with Gasteiger partial charge in [0.1, 0.15) is 6.61 Å². The van der Waals surface area contributed by atoms with Gasteiger partial charge < -0.3 is 9.84 Å². The second-order valence-electron chi connectivity index (χ2n) is 4.31. The second kappa shape index (κ2) is 7.40. The van der Waals surface area contributed by atoms with Gasteiger partial charge in [-0.15, -0.1) is 0 Å². The van der Waals surface area contributed by atoms with Gasteiger partial charge in [0, 0.05) is 19.7 Å². The Hall–Kier alpha value is -2.21. The molecule has 0 aliphatic heterocycles. The van der Waals surface area contributed by atoms with E-state index in [1.54, 1.807) is 11.8 Å². The number of carbonyl (C=O) groups is 1. The predicted octanol–water partition coefficient (Wildman–Crippen LogP) is 1.95. The van der Waals surface area contributed by atoms with Gasteiger partial charge >= 0.3 is 0 Å². The van der Waals surface area contributed by atoms with Crippen molar-refractivity contribution in [2.24, 2.45) is 7.05 Å². The number of carboxylic acid groups (broad SMARTS) is 1. The first kappa shape index (κ1) is 15.8. The van der Waals surface area contributed by atoms with Crippen LogP contribution in [-0.2, 0) is 23.2 Å². The molecule has 0 aliphatic rings. The number of rotatable bonds is 3. The summed E-state index contributed by atoms with van der Waals surface area (Å²) in [7, 11) is 3.54. The molecule has 108 valence electrons. The Morgan fingerprint density at radius 1 is 1.35 bits per heavy atom. The molecule has 1 heterocycles. The van der Waals surface area contributed by atoms with Gasteiger partial charge in [0.25, 0.3) is 6.47 Å². The molecule has 0 fully saturated rings. The van der Waals surface area contributed by atoms with Crippen LogP contribution >= 0.6 is 0 Å². The fraction of sp³-hybridized carbons (Fsp3) is 0.357. The summed E-state index contributed by atoms with van der Waals surface area (Å²) in [5.74, 6) is 1.59. The van der Waals surface area contributed by atoms with Gasteiger partial charge in [-0.05, 0) is 31.0 Å². The van der Waals surface area contributed by atoms with Crippen molar-refractivity contribution in [2.45, 2.75) is 20.5 Å². The molecule has 2 rings (SSSR count). The lowest BCUT2D eigenvalue weighted by Gasteiger charge is -2.01. The molecule has 1 N–H and O–H groups in total. The van der Waals surface area contributed by atoms with Gasteiger partial charge in [-0.3, -0.25) is 9.48 Å². The van der Waals surface area contributed by atoms with Gasteiger partial charge in [-0.25, -0.2) is 4.98 Å². The minimum atomic E-state index is -0.250. The van der Waals surface area contributed by atoms with E-state index in [0.717, 1.165) is 17.2 Å². The molecule has 0 spiro atoms. The van der Waals surface area contributed by atoms with Crippen molar-refractivity contribution in [3.63, 3.8) is 0 Å². The average molecular weight is 277 g/mol. The Labute approximate surface area is 118 Å². The Morgan fingerprint density at radius 3 is 2.55 bits per heavy atom. The summed E-state index contributed by atoms with van der Waals surface area (Å²) in [6.45, 7) is 4.42. The summed E-state index contributed by atoms with van der Waals surface area (Å²) in [5, 5.41) is 11.3. The number of nitrogens with zero attached hydrogens (tertiary/aromatic N) is 3. The fourth-order valence-corrected chi connectivity index (χ4v) is 1.67. The smallest absolute Gasteiger partial charge is 0.290 e. The average Bonchev–Trinajstić information content (AvgIpc) is 2.76. The summed E-state index contributed by atoms with van der Waals surface area (Å²) in [6, 6.07) is 6.26. The molecule has 0 aliphatic carbocycles. The Balaban J connectivity index is 0.000000612. The lowest BCUT2D eigenvalue weighted by atomic mass is 10.1. The number of ether oxygens (including phenoxy) is 1. The molecule has 6 nitrogen and oxygen atoms in total. The van der Waals surface area contributed by atoms with E-state index in [-0.39, 0.29) is 6.47 Å². The van der Waals surface area contributed by atoms with Crippen molar-refractivity contribution < 1.29 is 14.6 Å². The van der Waals surface area contributed by atoms with Crippen LogP contribution in [0.5, 0.6) is 0 Å². The number of benzene rings is 1. The molecule has 0 amide bonds. The molecule has 2 aromatic rings. The number of aryl methyl sites for hydroxylation is 3. The minimum absolute atomic E-state index is 0.250. The molecule has 0 bridgehead atoms. The third-order valence-corrected chi connectivity index (χ3v) is 2.89. The van der Waals surface area contributed by atoms with E-state index in [0.29, 0.717) is 6.61 Å². The van der Waals surface area contributed by atoms with E-state index in [1.807, 2.05) is 13.1 Å². The maximum Gasteiger partial charge on any atom is 0.290 e. The molecule has 0 radical (unpaired) electrons. The largest absolute Gasteiger partial charge is 0.483 e. The molecule has 6 heteroatoms. The summed E-state index contributed by atoms with van der Waals surface area (Å²) in [6.07, 6.45) is 0. The predicted molar refractivity (Wildman–Crippen MR) is 75.3 cm³/mol.